The van der Waals surface area contributed by atoms with E-state index in [4.69, 9.17) is 19.7 Å². The van der Waals surface area contributed by atoms with Crippen LogP contribution in [-0.4, -0.2) is 69.7 Å². The zero-order valence-electron chi connectivity index (χ0n) is 18.3. The van der Waals surface area contributed by atoms with Crippen LogP contribution in [0.25, 0.3) is 33.5 Å². The van der Waals surface area contributed by atoms with E-state index in [1.807, 2.05) is 35.4 Å². The Hall–Kier alpha value is -3.27. The van der Waals surface area contributed by atoms with Crippen molar-refractivity contribution in [2.24, 2.45) is 0 Å². The molecule has 2 fully saturated rings. The molecule has 5 heterocycles. The van der Waals surface area contributed by atoms with Gasteiger partial charge in [-0.15, -0.1) is 0 Å². The van der Waals surface area contributed by atoms with Crippen LogP contribution < -0.4 is 9.80 Å². The molecule has 6 rings (SSSR count). The number of hydrogen-bond donors (Lipinski definition) is 2. The number of alkyl halides is 2. The average molecular weight is 453 g/mol. The van der Waals surface area contributed by atoms with Crippen LogP contribution in [0, 0.1) is 0 Å². The lowest BCUT2D eigenvalue weighted by atomic mass is 10.1. The molecule has 0 spiro atoms. The number of nitrogens with one attached hydrogen (secondary N) is 2. The number of aromatic amines is 2. The van der Waals surface area contributed by atoms with Gasteiger partial charge in [0.2, 0.25) is 5.95 Å². The molecule has 1 aromatic carbocycles. The fourth-order valence-electron chi connectivity index (χ4n) is 4.71. The number of rotatable bonds is 3. The molecule has 2 saturated heterocycles. The lowest BCUT2D eigenvalue weighted by molar-refractivity contribution is -0.0222. The zero-order valence-corrected chi connectivity index (χ0v) is 18.3. The Kier molecular flexibility index (Phi) is 4.72. The molecule has 0 bridgehead atoms. The standard InChI is InChI=1S/C23H25F2N7O/c1-14-13-33-12-11-32(14)21-18-20(29-22(30-21)31-9-6-23(24,25)7-10-31)28-19(27-18)16-3-2-4-17-15(16)5-8-26-17/h2-5,8,14,26H,6-7,9-13H2,1H3,(H,27,28,29,30)/t14-/m0/s1. The molecule has 0 aliphatic carbocycles. The number of hydrogen-bond acceptors (Lipinski definition) is 6. The topological polar surface area (TPSA) is 86.0 Å². The van der Waals surface area contributed by atoms with Gasteiger partial charge < -0.3 is 24.5 Å². The molecule has 2 N–H and O–H groups in total. The van der Waals surface area contributed by atoms with Crippen molar-refractivity contribution in [1.29, 1.82) is 0 Å². The molecular formula is C23H25F2N7O. The van der Waals surface area contributed by atoms with Gasteiger partial charge >= 0.3 is 0 Å². The van der Waals surface area contributed by atoms with Gasteiger partial charge in [0.1, 0.15) is 5.82 Å². The van der Waals surface area contributed by atoms with Gasteiger partial charge in [-0.05, 0) is 19.1 Å². The van der Waals surface area contributed by atoms with Crippen molar-refractivity contribution in [1.82, 2.24) is 24.9 Å². The number of imidazole rings is 1. The molecule has 2 aliphatic rings. The normalized spacial score (nSPS) is 21.2. The van der Waals surface area contributed by atoms with E-state index >= 15 is 0 Å². The first-order chi connectivity index (χ1) is 16.0. The van der Waals surface area contributed by atoms with Gasteiger partial charge in [-0.25, -0.2) is 13.8 Å². The maximum Gasteiger partial charge on any atom is 0.251 e. The van der Waals surface area contributed by atoms with Gasteiger partial charge in [-0.2, -0.15) is 9.97 Å². The fourth-order valence-corrected chi connectivity index (χ4v) is 4.71. The second kappa shape index (κ2) is 7.65. The van der Waals surface area contributed by atoms with Crippen molar-refractivity contribution >= 4 is 33.8 Å². The van der Waals surface area contributed by atoms with Crippen LogP contribution in [0.3, 0.4) is 0 Å². The number of aromatic nitrogens is 5. The van der Waals surface area contributed by atoms with Crippen molar-refractivity contribution in [2.45, 2.75) is 31.7 Å². The zero-order chi connectivity index (χ0) is 22.6. The molecule has 0 unspecified atom stereocenters. The monoisotopic (exact) mass is 453 g/mol. The van der Waals surface area contributed by atoms with Gasteiger partial charge in [0, 0.05) is 55.1 Å². The number of fused-ring (bicyclic) bond motifs is 2. The highest BCUT2D eigenvalue weighted by Gasteiger charge is 2.35. The summed E-state index contributed by atoms with van der Waals surface area (Å²) in [5, 5.41) is 1.06. The summed E-state index contributed by atoms with van der Waals surface area (Å²) in [5.41, 5.74) is 3.27. The maximum absolute atomic E-state index is 13.8. The highest BCUT2D eigenvalue weighted by Crippen LogP contribution is 2.34. The molecule has 10 heteroatoms. The minimum atomic E-state index is -2.63. The largest absolute Gasteiger partial charge is 0.377 e. The van der Waals surface area contributed by atoms with E-state index in [2.05, 4.69) is 21.8 Å². The summed E-state index contributed by atoms with van der Waals surface area (Å²) in [6, 6.07) is 8.16. The predicted molar refractivity (Wildman–Crippen MR) is 123 cm³/mol. The third-order valence-corrected chi connectivity index (χ3v) is 6.58. The van der Waals surface area contributed by atoms with Crippen molar-refractivity contribution in [2.75, 3.05) is 42.6 Å². The highest BCUT2D eigenvalue weighted by molar-refractivity contribution is 5.96. The van der Waals surface area contributed by atoms with E-state index in [0.717, 1.165) is 16.5 Å². The number of ether oxygens (including phenoxy) is 1. The summed E-state index contributed by atoms with van der Waals surface area (Å²) in [4.78, 5) is 25.1. The van der Waals surface area contributed by atoms with E-state index < -0.39 is 5.92 Å². The van der Waals surface area contributed by atoms with Gasteiger partial charge in [-0.3, -0.25) is 0 Å². The van der Waals surface area contributed by atoms with Crippen LogP contribution >= 0.6 is 0 Å². The van der Waals surface area contributed by atoms with Crippen LogP contribution in [0.2, 0.25) is 0 Å². The van der Waals surface area contributed by atoms with Crippen molar-refractivity contribution in [3.63, 3.8) is 0 Å². The van der Waals surface area contributed by atoms with Crippen molar-refractivity contribution in [3.05, 3.63) is 30.5 Å². The first-order valence-corrected chi connectivity index (χ1v) is 11.3. The van der Waals surface area contributed by atoms with Crippen LogP contribution in [0.1, 0.15) is 19.8 Å². The van der Waals surface area contributed by atoms with Gasteiger partial charge in [-0.1, -0.05) is 12.1 Å². The molecule has 0 radical (unpaired) electrons. The molecule has 2 aliphatic heterocycles. The number of halogens is 2. The highest BCUT2D eigenvalue weighted by atomic mass is 19.3. The SMILES string of the molecule is C[C@H]1COCCN1c1nc(N2CCC(F)(F)CC2)nc2[nH]c(-c3cccc4[nH]ccc34)nc12. The van der Waals surface area contributed by atoms with Crippen LogP contribution in [0.15, 0.2) is 30.5 Å². The maximum atomic E-state index is 13.8. The molecule has 0 saturated carbocycles. The molecule has 172 valence electrons. The second-order valence-electron chi connectivity index (χ2n) is 8.83. The minimum absolute atomic E-state index is 0.114. The van der Waals surface area contributed by atoms with E-state index in [-0.39, 0.29) is 32.0 Å². The molecule has 8 nitrogen and oxygen atoms in total. The van der Waals surface area contributed by atoms with E-state index in [1.165, 1.54) is 0 Å². The summed E-state index contributed by atoms with van der Waals surface area (Å²) in [5.74, 6) is -0.749. The van der Waals surface area contributed by atoms with Gasteiger partial charge in [0.25, 0.3) is 5.92 Å². The molecule has 3 aromatic heterocycles. The Morgan fingerprint density at radius 3 is 2.76 bits per heavy atom. The van der Waals surface area contributed by atoms with Gasteiger partial charge in [0.05, 0.1) is 19.3 Å². The molecule has 0 amide bonds. The van der Waals surface area contributed by atoms with Crippen molar-refractivity contribution < 1.29 is 13.5 Å². The number of morpholine rings is 1. The number of piperidine rings is 1. The van der Waals surface area contributed by atoms with Crippen molar-refractivity contribution in [3.8, 4) is 11.4 Å². The average Bonchev–Trinajstić information content (AvgIpc) is 3.46. The Morgan fingerprint density at radius 1 is 1.09 bits per heavy atom. The summed E-state index contributed by atoms with van der Waals surface area (Å²) < 4.78 is 33.1. The van der Waals surface area contributed by atoms with E-state index in [1.54, 1.807) is 0 Å². The number of anilines is 2. The number of benzene rings is 1. The summed E-state index contributed by atoms with van der Waals surface area (Å²) in [6.07, 6.45) is 1.52. The second-order valence-corrected chi connectivity index (χ2v) is 8.83. The van der Waals surface area contributed by atoms with Crippen LogP contribution in [0.5, 0.6) is 0 Å². The third-order valence-electron chi connectivity index (χ3n) is 6.58. The predicted octanol–water partition coefficient (Wildman–Crippen LogP) is 3.96. The summed E-state index contributed by atoms with van der Waals surface area (Å²) >= 11 is 0. The molecule has 33 heavy (non-hydrogen) atoms. The first-order valence-electron chi connectivity index (χ1n) is 11.3. The fraction of sp³-hybridized carbons (Fsp3) is 0.435. The van der Waals surface area contributed by atoms with E-state index in [9.17, 15) is 8.78 Å². The summed E-state index contributed by atoms with van der Waals surface area (Å²) in [7, 11) is 0. The lowest BCUT2D eigenvalue weighted by Crippen LogP contribution is -2.45. The number of H-pyrrole nitrogens is 2. The molecule has 1 atom stereocenters. The number of nitrogens with zero attached hydrogens (tertiary/aromatic N) is 5. The van der Waals surface area contributed by atoms with Gasteiger partial charge in [0.15, 0.2) is 17.0 Å². The summed E-state index contributed by atoms with van der Waals surface area (Å²) in [6.45, 7) is 4.40. The lowest BCUT2D eigenvalue weighted by Gasteiger charge is -2.35. The Balaban J connectivity index is 1.49. The minimum Gasteiger partial charge on any atom is -0.377 e. The Bertz CT molecular complexity index is 1310. The third kappa shape index (κ3) is 3.58. The molecular weight excluding hydrogens is 428 g/mol. The van der Waals surface area contributed by atoms with Crippen LogP contribution in [-0.2, 0) is 4.74 Å². The first kappa shape index (κ1) is 20.3. The smallest absolute Gasteiger partial charge is 0.251 e. The van der Waals surface area contributed by atoms with Crippen LogP contribution in [0.4, 0.5) is 20.5 Å². The Labute approximate surface area is 189 Å². The van der Waals surface area contributed by atoms with E-state index in [0.29, 0.717) is 48.5 Å². The Morgan fingerprint density at radius 2 is 1.94 bits per heavy atom. The molecule has 4 aromatic rings. The quantitative estimate of drug-likeness (QED) is 0.488.